The van der Waals surface area contributed by atoms with E-state index in [1.165, 1.54) is 0 Å². The van der Waals surface area contributed by atoms with Crippen molar-refractivity contribution < 1.29 is 8.42 Å². The summed E-state index contributed by atoms with van der Waals surface area (Å²) in [7, 11) is -3.64. The van der Waals surface area contributed by atoms with Crippen LogP contribution in [-0.2, 0) is 10.0 Å². The van der Waals surface area contributed by atoms with Crippen LogP contribution >= 0.6 is 11.7 Å². The van der Waals surface area contributed by atoms with Gasteiger partial charge in [-0.3, -0.25) is 4.72 Å². The van der Waals surface area contributed by atoms with E-state index in [0.717, 1.165) is 49.1 Å². The van der Waals surface area contributed by atoms with Crippen molar-refractivity contribution in [3.63, 3.8) is 0 Å². The molecule has 1 aliphatic heterocycles. The maximum absolute atomic E-state index is 12.6. The van der Waals surface area contributed by atoms with Gasteiger partial charge in [-0.2, -0.15) is 8.75 Å². The van der Waals surface area contributed by atoms with Crippen molar-refractivity contribution in [1.82, 2.24) is 14.1 Å². The largest absolute Gasteiger partial charge is 0.369 e. The Balaban J connectivity index is 1.54. The molecule has 0 saturated carbocycles. The number of benzene rings is 2. The van der Waals surface area contributed by atoms with Crippen LogP contribution in [0, 0.1) is 0 Å². The van der Waals surface area contributed by atoms with Gasteiger partial charge in [-0.05, 0) is 42.5 Å². The van der Waals surface area contributed by atoms with Gasteiger partial charge in [0.25, 0.3) is 10.0 Å². The number of piperazine rings is 1. The maximum atomic E-state index is 12.6. The molecule has 130 valence electrons. The molecule has 1 aromatic heterocycles. The number of sulfonamides is 1. The third kappa shape index (κ3) is 3.44. The number of hydrogen-bond acceptors (Lipinski definition) is 7. The summed E-state index contributed by atoms with van der Waals surface area (Å²) in [5.41, 5.74) is 2.95. The molecule has 0 unspecified atom stereocenters. The molecular weight excluding hydrogens is 358 g/mol. The van der Waals surface area contributed by atoms with E-state index >= 15 is 0 Å². The number of hydrogen-bond donors (Lipinski definition) is 2. The van der Waals surface area contributed by atoms with Gasteiger partial charge in [0.1, 0.15) is 11.0 Å². The molecule has 3 aromatic rings. The Morgan fingerprint density at radius 2 is 1.72 bits per heavy atom. The minimum atomic E-state index is -3.64. The second-order valence-corrected chi connectivity index (χ2v) is 8.02. The van der Waals surface area contributed by atoms with Crippen LogP contribution in [-0.4, -0.2) is 43.3 Å². The number of anilines is 2. The Labute approximate surface area is 150 Å². The van der Waals surface area contributed by atoms with E-state index in [9.17, 15) is 8.42 Å². The standard InChI is InChI=1S/C16H17N5O2S2/c22-25(23,20-12-1-6-15-16(11-12)19-24-18-15)14-4-2-13(3-5-14)21-9-7-17-8-10-21/h1-6,11,17,20H,7-10H2. The molecule has 2 aromatic carbocycles. The number of fused-ring (bicyclic) bond motifs is 1. The zero-order chi connectivity index (χ0) is 17.3. The van der Waals surface area contributed by atoms with Gasteiger partial charge in [-0.25, -0.2) is 8.42 Å². The highest BCUT2D eigenvalue weighted by Crippen LogP contribution is 2.22. The molecule has 0 radical (unpaired) electrons. The number of aromatic nitrogens is 2. The fourth-order valence-corrected chi connectivity index (χ4v) is 4.39. The van der Waals surface area contributed by atoms with Crippen molar-refractivity contribution >= 4 is 44.2 Å². The molecule has 25 heavy (non-hydrogen) atoms. The Hall–Kier alpha value is -2.23. The van der Waals surface area contributed by atoms with Crippen molar-refractivity contribution in [3.8, 4) is 0 Å². The van der Waals surface area contributed by atoms with E-state index in [0.29, 0.717) is 11.2 Å². The molecule has 7 nitrogen and oxygen atoms in total. The normalized spacial score (nSPS) is 15.4. The molecule has 1 aliphatic rings. The molecule has 2 heterocycles. The van der Waals surface area contributed by atoms with Gasteiger partial charge in [0.2, 0.25) is 0 Å². The maximum Gasteiger partial charge on any atom is 0.261 e. The van der Waals surface area contributed by atoms with Crippen molar-refractivity contribution in [2.24, 2.45) is 0 Å². The van der Waals surface area contributed by atoms with Gasteiger partial charge in [0, 0.05) is 31.9 Å². The summed E-state index contributed by atoms with van der Waals surface area (Å²) in [5, 5.41) is 3.30. The zero-order valence-corrected chi connectivity index (χ0v) is 15.0. The average molecular weight is 375 g/mol. The zero-order valence-electron chi connectivity index (χ0n) is 13.3. The molecule has 0 aliphatic carbocycles. The van der Waals surface area contributed by atoms with Crippen molar-refractivity contribution in [1.29, 1.82) is 0 Å². The summed E-state index contributed by atoms with van der Waals surface area (Å²) in [5.74, 6) is 0. The summed E-state index contributed by atoms with van der Waals surface area (Å²) < 4.78 is 36.0. The second-order valence-electron chi connectivity index (χ2n) is 5.80. The number of rotatable bonds is 4. The lowest BCUT2D eigenvalue weighted by atomic mass is 10.2. The quantitative estimate of drug-likeness (QED) is 0.724. The number of nitrogens with one attached hydrogen (secondary N) is 2. The first-order valence-corrected chi connectivity index (χ1v) is 10.1. The highest BCUT2D eigenvalue weighted by molar-refractivity contribution is 7.92. The number of nitrogens with zero attached hydrogens (tertiary/aromatic N) is 3. The SMILES string of the molecule is O=S(=O)(Nc1ccc2nsnc2c1)c1ccc(N2CCNCC2)cc1. The van der Waals surface area contributed by atoms with E-state index in [1.807, 2.05) is 12.1 Å². The van der Waals surface area contributed by atoms with E-state index < -0.39 is 10.0 Å². The van der Waals surface area contributed by atoms with Crippen molar-refractivity contribution in [2.75, 3.05) is 35.8 Å². The van der Waals surface area contributed by atoms with E-state index in [2.05, 4.69) is 23.7 Å². The lowest BCUT2D eigenvalue weighted by Crippen LogP contribution is -2.43. The molecule has 9 heteroatoms. The summed E-state index contributed by atoms with van der Waals surface area (Å²) in [6.07, 6.45) is 0. The minimum Gasteiger partial charge on any atom is -0.369 e. The van der Waals surface area contributed by atoms with E-state index in [4.69, 9.17) is 0 Å². The van der Waals surface area contributed by atoms with Gasteiger partial charge >= 0.3 is 0 Å². The van der Waals surface area contributed by atoms with Crippen molar-refractivity contribution in [2.45, 2.75) is 4.90 Å². The van der Waals surface area contributed by atoms with Gasteiger partial charge in [-0.1, -0.05) is 0 Å². The molecule has 1 fully saturated rings. The molecule has 0 bridgehead atoms. The van der Waals surface area contributed by atoms with Crippen LogP contribution < -0.4 is 14.9 Å². The highest BCUT2D eigenvalue weighted by Gasteiger charge is 2.16. The topological polar surface area (TPSA) is 87.2 Å². The van der Waals surface area contributed by atoms with Gasteiger partial charge in [0.15, 0.2) is 0 Å². The predicted octanol–water partition coefficient (Wildman–Crippen LogP) is 1.90. The first-order chi connectivity index (χ1) is 12.1. The van der Waals surface area contributed by atoms with Crippen LogP contribution in [0.5, 0.6) is 0 Å². The molecular formula is C16H17N5O2S2. The fraction of sp³-hybridized carbons (Fsp3) is 0.250. The monoisotopic (exact) mass is 375 g/mol. The van der Waals surface area contributed by atoms with Gasteiger partial charge in [-0.15, -0.1) is 0 Å². The smallest absolute Gasteiger partial charge is 0.261 e. The van der Waals surface area contributed by atoms with Crippen LogP contribution in [0.25, 0.3) is 11.0 Å². The van der Waals surface area contributed by atoms with E-state index in [-0.39, 0.29) is 4.90 Å². The third-order valence-electron chi connectivity index (χ3n) is 4.14. The average Bonchev–Trinajstić information content (AvgIpc) is 3.10. The lowest BCUT2D eigenvalue weighted by molar-refractivity contribution is 0.589. The first-order valence-electron chi connectivity index (χ1n) is 7.93. The fourth-order valence-electron chi connectivity index (χ4n) is 2.82. The summed E-state index contributed by atoms with van der Waals surface area (Å²) in [6, 6.07) is 12.1. The summed E-state index contributed by atoms with van der Waals surface area (Å²) in [4.78, 5) is 2.48. The molecule has 0 amide bonds. The predicted molar refractivity (Wildman–Crippen MR) is 99.7 cm³/mol. The Morgan fingerprint density at radius 3 is 2.48 bits per heavy atom. The van der Waals surface area contributed by atoms with Crippen LogP contribution in [0.15, 0.2) is 47.4 Å². The van der Waals surface area contributed by atoms with Crippen molar-refractivity contribution in [3.05, 3.63) is 42.5 Å². The van der Waals surface area contributed by atoms with Crippen LogP contribution in [0.1, 0.15) is 0 Å². The molecule has 4 rings (SSSR count). The second kappa shape index (κ2) is 6.58. The molecule has 0 spiro atoms. The summed E-state index contributed by atoms with van der Waals surface area (Å²) in [6.45, 7) is 3.73. The molecule has 2 N–H and O–H groups in total. The first kappa shape index (κ1) is 16.2. The van der Waals surface area contributed by atoms with Gasteiger partial charge in [0.05, 0.1) is 22.3 Å². The molecule has 0 atom stereocenters. The Kier molecular flexibility index (Phi) is 4.28. The molecule has 1 saturated heterocycles. The minimum absolute atomic E-state index is 0.239. The lowest BCUT2D eigenvalue weighted by Gasteiger charge is -2.29. The van der Waals surface area contributed by atoms with Crippen LogP contribution in [0.3, 0.4) is 0 Å². The third-order valence-corrected chi connectivity index (χ3v) is 6.09. The van der Waals surface area contributed by atoms with Crippen LogP contribution in [0.4, 0.5) is 11.4 Å². The van der Waals surface area contributed by atoms with Crippen LogP contribution in [0.2, 0.25) is 0 Å². The van der Waals surface area contributed by atoms with E-state index in [1.54, 1.807) is 30.3 Å². The highest BCUT2D eigenvalue weighted by atomic mass is 32.2. The Bertz CT molecular complexity index is 979. The summed E-state index contributed by atoms with van der Waals surface area (Å²) >= 11 is 1.10. The Morgan fingerprint density at radius 1 is 1.00 bits per heavy atom. The van der Waals surface area contributed by atoms with Gasteiger partial charge < -0.3 is 10.2 Å².